The second kappa shape index (κ2) is 10.3. The van der Waals surface area contributed by atoms with Crippen LogP contribution in [0.4, 0.5) is 5.69 Å². The quantitative estimate of drug-likeness (QED) is 0.535. The molecule has 0 aromatic heterocycles. The van der Waals surface area contributed by atoms with Crippen molar-refractivity contribution in [2.24, 2.45) is 5.10 Å². The van der Waals surface area contributed by atoms with E-state index in [2.05, 4.69) is 29.7 Å². The topological polar surface area (TPSA) is 79.8 Å². The van der Waals surface area contributed by atoms with Gasteiger partial charge in [-0.3, -0.25) is 9.59 Å². The van der Waals surface area contributed by atoms with Crippen molar-refractivity contribution in [2.45, 2.75) is 40.0 Å². The molecule has 0 saturated heterocycles. The number of nitrogens with one attached hydrogen (secondary N) is 2. The Labute approximate surface area is 166 Å². The maximum absolute atomic E-state index is 12.1. The van der Waals surface area contributed by atoms with Crippen molar-refractivity contribution in [3.8, 4) is 5.75 Å². The molecule has 148 valence electrons. The average Bonchev–Trinajstić information content (AvgIpc) is 2.66. The van der Waals surface area contributed by atoms with Gasteiger partial charge in [-0.15, -0.1) is 0 Å². The number of aryl methyl sites for hydroxylation is 1. The number of ether oxygens (including phenoxy) is 1. The van der Waals surface area contributed by atoms with Crippen molar-refractivity contribution in [2.75, 3.05) is 11.9 Å². The molecule has 0 bridgehead atoms. The average molecular weight is 381 g/mol. The van der Waals surface area contributed by atoms with Crippen molar-refractivity contribution < 1.29 is 14.3 Å². The standard InChI is InChI=1S/C22H27N3O3/c1-15(2)18-9-11-19(12-10-18)23-21(26)13-17(4)24-25-22(27)14-28-20-8-6-5-7-16(20)3/h5-12,15H,13-14H2,1-4H3,(H,23,26)(H,25,27)/b24-17+. The summed E-state index contributed by atoms with van der Waals surface area (Å²) in [6.45, 7) is 7.69. The Morgan fingerprint density at radius 1 is 1.04 bits per heavy atom. The minimum absolute atomic E-state index is 0.0882. The molecule has 0 atom stereocenters. The number of amides is 2. The number of hydrogen-bond acceptors (Lipinski definition) is 4. The molecule has 0 saturated carbocycles. The predicted octanol–water partition coefficient (Wildman–Crippen LogP) is 4.02. The SMILES string of the molecule is C/C(CC(=O)Nc1ccc(C(C)C)cc1)=N\NC(=O)COc1ccccc1C. The first-order valence-corrected chi connectivity index (χ1v) is 9.25. The molecule has 0 fully saturated rings. The molecule has 0 aliphatic heterocycles. The molecule has 0 heterocycles. The van der Waals surface area contributed by atoms with Gasteiger partial charge in [0, 0.05) is 11.4 Å². The molecule has 0 unspecified atom stereocenters. The highest BCUT2D eigenvalue weighted by Crippen LogP contribution is 2.17. The fourth-order valence-electron chi connectivity index (χ4n) is 2.48. The van der Waals surface area contributed by atoms with Crippen LogP contribution in [-0.2, 0) is 9.59 Å². The van der Waals surface area contributed by atoms with Crippen molar-refractivity contribution >= 4 is 23.2 Å². The smallest absolute Gasteiger partial charge is 0.277 e. The van der Waals surface area contributed by atoms with Gasteiger partial charge in [0.25, 0.3) is 5.91 Å². The fourth-order valence-corrected chi connectivity index (χ4v) is 2.48. The first kappa shape index (κ1) is 21.2. The van der Waals surface area contributed by atoms with Crippen LogP contribution >= 0.6 is 0 Å². The zero-order chi connectivity index (χ0) is 20.5. The number of carbonyl (C=O) groups is 2. The molecule has 0 radical (unpaired) electrons. The second-order valence-corrected chi connectivity index (χ2v) is 6.94. The van der Waals surface area contributed by atoms with Crippen LogP contribution in [0.25, 0.3) is 0 Å². The number of rotatable bonds is 8. The van der Waals surface area contributed by atoms with E-state index >= 15 is 0 Å². The zero-order valence-electron chi connectivity index (χ0n) is 16.8. The maximum atomic E-state index is 12.1. The van der Waals surface area contributed by atoms with E-state index in [0.29, 0.717) is 17.4 Å². The summed E-state index contributed by atoms with van der Waals surface area (Å²) in [4.78, 5) is 24.0. The number of carbonyl (C=O) groups excluding carboxylic acids is 2. The van der Waals surface area contributed by atoms with Crippen molar-refractivity contribution in [3.05, 3.63) is 59.7 Å². The first-order valence-electron chi connectivity index (χ1n) is 9.25. The maximum Gasteiger partial charge on any atom is 0.277 e. The van der Waals surface area contributed by atoms with Crippen LogP contribution in [0.15, 0.2) is 53.6 Å². The number of para-hydroxylation sites is 1. The minimum atomic E-state index is -0.382. The van der Waals surface area contributed by atoms with E-state index in [1.54, 1.807) is 13.0 Å². The van der Waals surface area contributed by atoms with Gasteiger partial charge < -0.3 is 10.1 Å². The van der Waals surface area contributed by atoms with Crippen LogP contribution in [0.5, 0.6) is 5.75 Å². The second-order valence-electron chi connectivity index (χ2n) is 6.94. The summed E-state index contributed by atoms with van der Waals surface area (Å²) in [5, 5.41) is 6.78. The molecule has 2 amide bonds. The predicted molar refractivity (Wildman–Crippen MR) is 112 cm³/mol. The van der Waals surface area contributed by atoms with Gasteiger partial charge in [0.1, 0.15) is 5.75 Å². The van der Waals surface area contributed by atoms with Gasteiger partial charge in [-0.25, -0.2) is 5.43 Å². The highest BCUT2D eigenvalue weighted by molar-refractivity contribution is 6.05. The minimum Gasteiger partial charge on any atom is -0.483 e. The number of hydrazone groups is 1. The molecule has 6 nitrogen and oxygen atoms in total. The Bertz CT molecular complexity index is 842. The van der Waals surface area contributed by atoms with Crippen molar-refractivity contribution in [3.63, 3.8) is 0 Å². The van der Waals surface area contributed by atoms with Crippen LogP contribution in [0.1, 0.15) is 44.2 Å². The lowest BCUT2D eigenvalue weighted by Crippen LogP contribution is -2.26. The lowest BCUT2D eigenvalue weighted by Gasteiger charge is -2.09. The Hall–Kier alpha value is -3.15. The highest BCUT2D eigenvalue weighted by Gasteiger charge is 2.07. The molecule has 0 aliphatic rings. The molecule has 0 spiro atoms. The largest absolute Gasteiger partial charge is 0.483 e. The number of benzene rings is 2. The van der Waals surface area contributed by atoms with E-state index in [4.69, 9.17) is 4.74 Å². The van der Waals surface area contributed by atoms with E-state index in [-0.39, 0.29) is 24.8 Å². The van der Waals surface area contributed by atoms with Gasteiger partial charge >= 0.3 is 0 Å². The summed E-state index contributed by atoms with van der Waals surface area (Å²) >= 11 is 0. The molecular formula is C22H27N3O3. The molecule has 2 rings (SSSR count). The fraction of sp³-hybridized carbons (Fsp3) is 0.318. The van der Waals surface area contributed by atoms with E-state index in [0.717, 1.165) is 11.3 Å². The third-order valence-electron chi connectivity index (χ3n) is 4.10. The van der Waals surface area contributed by atoms with E-state index in [1.165, 1.54) is 5.56 Å². The van der Waals surface area contributed by atoms with E-state index in [9.17, 15) is 9.59 Å². The molecule has 28 heavy (non-hydrogen) atoms. The molecule has 0 aliphatic carbocycles. The summed E-state index contributed by atoms with van der Waals surface area (Å²) in [5.74, 6) is 0.523. The normalized spacial score (nSPS) is 11.2. The Kier molecular flexibility index (Phi) is 7.75. The van der Waals surface area contributed by atoms with E-state index < -0.39 is 0 Å². The Morgan fingerprint density at radius 3 is 2.36 bits per heavy atom. The van der Waals surface area contributed by atoms with Gasteiger partial charge in [0.2, 0.25) is 5.91 Å². The number of nitrogens with zero attached hydrogens (tertiary/aromatic N) is 1. The van der Waals surface area contributed by atoms with Gasteiger partial charge in [-0.1, -0.05) is 44.2 Å². The van der Waals surface area contributed by atoms with Crippen LogP contribution in [0, 0.1) is 6.92 Å². The summed E-state index contributed by atoms with van der Waals surface area (Å²) in [7, 11) is 0. The number of hydrogen-bond donors (Lipinski definition) is 2. The summed E-state index contributed by atoms with van der Waals surface area (Å²) in [6.07, 6.45) is 0.0882. The molecule has 2 aromatic rings. The summed E-state index contributed by atoms with van der Waals surface area (Å²) in [6, 6.07) is 15.2. The van der Waals surface area contributed by atoms with Crippen LogP contribution < -0.4 is 15.5 Å². The third kappa shape index (κ3) is 6.87. The summed E-state index contributed by atoms with van der Waals surface area (Å²) < 4.78 is 5.46. The Balaban J connectivity index is 1.77. The van der Waals surface area contributed by atoms with Gasteiger partial charge in [0.05, 0.1) is 6.42 Å². The van der Waals surface area contributed by atoms with Crippen LogP contribution in [0.3, 0.4) is 0 Å². The third-order valence-corrected chi connectivity index (χ3v) is 4.10. The van der Waals surface area contributed by atoms with Crippen molar-refractivity contribution in [1.82, 2.24) is 5.43 Å². The molecule has 2 aromatic carbocycles. The van der Waals surface area contributed by atoms with Gasteiger partial charge in [0.15, 0.2) is 6.61 Å². The lowest BCUT2D eigenvalue weighted by molar-refractivity contribution is -0.123. The zero-order valence-corrected chi connectivity index (χ0v) is 16.8. The molecule has 6 heteroatoms. The van der Waals surface area contributed by atoms with Gasteiger partial charge in [-0.2, -0.15) is 5.10 Å². The molecule has 2 N–H and O–H groups in total. The Morgan fingerprint density at radius 2 is 1.71 bits per heavy atom. The highest BCUT2D eigenvalue weighted by atomic mass is 16.5. The van der Waals surface area contributed by atoms with Crippen molar-refractivity contribution in [1.29, 1.82) is 0 Å². The van der Waals surface area contributed by atoms with Crippen LogP contribution in [0.2, 0.25) is 0 Å². The molecular weight excluding hydrogens is 354 g/mol. The monoisotopic (exact) mass is 381 g/mol. The summed E-state index contributed by atoms with van der Waals surface area (Å²) in [5.41, 5.74) is 5.81. The van der Waals surface area contributed by atoms with E-state index in [1.807, 2.05) is 49.4 Å². The van der Waals surface area contributed by atoms with Gasteiger partial charge in [-0.05, 0) is 49.1 Å². The van der Waals surface area contributed by atoms with Crippen LogP contribution in [-0.4, -0.2) is 24.1 Å². The first-order chi connectivity index (χ1) is 13.3. The lowest BCUT2D eigenvalue weighted by atomic mass is 10.0. The number of anilines is 1.